The molecule has 1 aliphatic rings. The van der Waals surface area contributed by atoms with Gasteiger partial charge in [-0.2, -0.15) is 0 Å². The molecule has 1 aromatic rings. The summed E-state index contributed by atoms with van der Waals surface area (Å²) in [5, 5.41) is 20.8. The maximum atomic E-state index is 10.4. The molecule has 0 atom stereocenters. The van der Waals surface area contributed by atoms with Crippen molar-refractivity contribution in [1.82, 2.24) is 10.6 Å². The van der Waals surface area contributed by atoms with E-state index in [0.29, 0.717) is 12.6 Å². The van der Waals surface area contributed by atoms with Gasteiger partial charge in [0.15, 0.2) is 5.96 Å². The van der Waals surface area contributed by atoms with Gasteiger partial charge in [0.1, 0.15) is 0 Å². The molecule has 2 heterocycles. The highest BCUT2D eigenvalue weighted by molar-refractivity contribution is 14.0. The maximum absolute atomic E-state index is 10.4. The zero-order valence-corrected chi connectivity index (χ0v) is 18.8. The fraction of sp³-hybridized carbons (Fsp3) is 0.722. The minimum atomic E-state index is -0.690. The summed E-state index contributed by atoms with van der Waals surface area (Å²) in [6.07, 6.45) is 3.67. The molecule has 7 heteroatoms. The van der Waals surface area contributed by atoms with Gasteiger partial charge in [-0.25, -0.2) is 0 Å². The number of halogens is 1. The van der Waals surface area contributed by atoms with E-state index in [1.54, 1.807) is 0 Å². The van der Waals surface area contributed by atoms with E-state index >= 15 is 0 Å². The van der Waals surface area contributed by atoms with Gasteiger partial charge in [-0.3, -0.25) is 4.99 Å². The molecule has 0 saturated carbocycles. The Kier molecular flexibility index (Phi) is 10.1. The Hall–Kier alpha value is -0.540. The van der Waals surface area contributed by atoms with E-state index in [0.717, 1.165) is 51.3 Å². The number of anilines is 1. The second kappa shape index (κ2) is 11.2. The molecule has 1 saturated heterocycles. The summed E-state index contributed by atoms with van der Waals surface area (Å²) in [5.74, 6) is 0.826. The van der Waals surface area contributed by atoms with Crippen LogP contribution < -0.4 is 15.5 Å². The van der Waals surface area contributed by atoms with E-state index in [-0.39, 0.29) is 24.0 Å². The molecule has 25 heavy (non-hydrogen) atoms. The van der Waals surface area contributed by atoms with Gasteiger partial charge >= 0.3 is 0 Å². The van der Waals surface area contributed by atoms with E-state index in [1.165, 1.54) is 5.00 Å². The molecule has 0 spiro atoms. The Morgan fingerprint density at radius 1 is 1.32 bits per heavy atom. The van der Waals surface area contributed by atoms with Gasteiger partial charge in [-0.05, 0) is 50.1 Å². The van der Waals surface area contributed by atoms with E-state index in [4.69, 9.17) is 0 Å². The van der Waals surface area contributed by atoms with Crippen molar-refractivity contribution in [1.29, 1.82) is 0 Å². The molecule has 1 aliphatic heterocycles. The summed E-state index contributed by atoms with van der Waals surface area (Å²) < 4.78 is 0. The lowest BCUT2D eigenvalue weighted by atomic mass is 9.98. The van der Waals surface area contributed by atoms with Crippen molar-refractivity contribution in [3.05, 3.63) is 17.5 Å². The van der Waals surface area contributed by atoms with Gasteiger partial charge in [-0.15, -0.1) is 35.3 Å². The number of rotatable bonds is 7. The Morgan fingerprint density at radius 3 is 2.52 bits per heavy atom. The molecular formula is C18H33IN4OS. The summed E-state index contributed by atoms with van der Waals surface area (Å²) in [7, 11) is 0. The highest BCUT2D eigenvalue weighted by atomic mass is 127. The van der Waals surface area contributed by atoms with Crippen LogP contribution in [0.5, 0.6) is 0 Å². The summed E-state index contributed by atoms with van der Waals surface area (Å²) >= 11 is 1.81. The molecule has 2 rings (SSSR count). The molecule has 0 bridgehead atoms. The maximum Gasteiger partial charge on any atom is 0.191 e. The molecule has 144 valence electrons. The van der Waals surface area contributed by atoms with Crippen LogP contribution in [-0.4, -0.2) is 48.9 Å². The van der Waals surface area contributed by atoms with Gasteiger partial charge in [0.2, 0.25) is 0 Å². The Balaban J connectivity index is 0.00000312. The van der Waals surface area contributed by atoms with Crippen LogP contribution in [0, 0.1) is 0 Å². The molecule has 5 nitrogen and oxygen atoms in total. The Bertz CT molecular complexity index is 497. The first-order valence-electron chi connectivity index (χ1n) is 9.16. The number of aliphatic hydroxyl groups is 1. The number of piperidine rings is 1. The molecule has 0 radical (unpaired) electrons. The van der Waals surface area contributed by atoms with Crippen LogP contribution >= 0.6 is 35.3 Å². The zero-order valence-electron chi connectivity index (χ0n) is 15.6. The SMILES string of the molecule is CCNC(=NCC(O)(CC)CC)NC1CCN(c2cccs2)CC1.I. The number of hydrogen-bond donors (Lipinski definition) is 3. The number of guanidine groups is 1. The number of hydrogen-bond acceptors (Lipinski definition) is 4. The third-order valence-electron chi connectivity index (χ3n) is 4.85. The van der Waals surface area contributed by atoms with E-state index in [9.17, 15) is 5.11 Å². The van der Waals surface area contributed by atoms with Crippen molar-refractivity contribution in [2.75, 3.05) is 31.1 Å². The summed E-state index contributed by atoms with van der Waals surface area (Å²) in [5.41, 5.74) is -0.690. The van der Waals surface area contributed by atoms with Crippen LogP contribution in [-0.2, 0) is 0 Å². The van der Waals surface area contributed by atoms with Crippen LogP contribution in [0.15, 0.2) is 22.5 Å². The minimum absolute atomic E-state index is 0. The lowest BCUT2D eigenvalue weighted by Gasteiger charge is -2.33. The average molecular weight is 480 g/mol. The number of nitrogens with one attached hydrogen (secondary N) is 2. The predicted molar refractivity (Wildman–Crippen MR) is 120 cm³/mol. The first-order valence-corrected chi connectivity index (χ1v) is 10.0. The van der Waals surface area contributed by atoms with Crippen molar-refractivity contribution in [3.63, 3.8) is 0 Å². The lowest BCUT2D eigenvalue weighted by molar-refractivity contribution is 0.0417. The number of nitrogens with zero attached hydrogens (tertiary/aromatic N) is 2. The van der Waals surface area contributed by atoms with Gasteiger partial charge in [0.25, 0.3) is 0 Å². The third-order valence-corrected chi connectivity index (χ3v) is 5.77. The average Bonchev–Trinajstić information content (AvgIpc) is 3.15. The van der Waals surface area contributed by atoms with Crippen molar-refractivity contribution < 1.29 is 5.11 Å². The number of aliphatic imine (C=N–C) groups is 1. The second-order valence-electron chi connectivity index (χ2n) is 6.48. The summed E-state index contributed by atoms with van der Waals surface area (Å²) in [4.78, 5) is 7.08. The standard InChI is InChI=1S/C18H32N4OS.HI/c1-4-18(23,5-2)14-20-17(19-6-3)21-15-9-11-22(12-10-15)16-8-7-13-24-16;/h7-8,13,15,23H,4-6,9-12,14H2,1-3H3,(H2,19,20,21);1H. The summed E-state index contributed by atoms with van der Waals surface area (Å²) in [6.45, 7) is 9.53. The van der Waals surface area contributed by atoms with Gasteiger partial charge in [-0.1, -0.05) is 13.8 Å². The monoisotopic (exact) mass is 480 g/mol. The van der Waals surface area contributed by atoms with Crippen LogP contribution in [0.2, 0.25) is 0 Å². The lowest BCUT2D eigenvalue weighted by Crippen LogP contribution is -2.49. The molecular weight excluding hydrogens is 447 g/mol. The highest BCUT2D eigenvalue weighted by Gasteiger charge is 2.23. The molecule has 1 aromatic heterocycles. The third kappa shape index (κ3) is 6.94. The van der Waals surface area contributed by atoms with Crippen LogP contribution in [0.25, 0.3) is 0 Å². The van der Waals surface area contributed by atoms with Gasteiger partial charge in [0, 0.05) is 25.7 Å². The highest BCUT2D eigenvalue weighted by Crippen LogP contribution is 2.24. The van der Waals surface area contributed by atoms with Crippen LogP contribution in [0.4, 0.5) is 5.00 Å². The largest absolute Gasteiger partial charge is 0.388 e. The van der Waals surface area contributed by atoms with Gasteiger partial charge < -0.3 is 20.6 Å². The number of thiophene rings is 1. The quantitative estimate of drug-likeness (QED) is 0.318. The normalized spacial score (nSPS) is 16.5. The van der Waals surface area contributed by atoms with Crippen molar-refractivity contribution in [2.45, 2.75) is 58.1 Å². The molecule has 3 N–H and O–H groups in total. The smallest absolute Gasteiger partial charge is 0.191 e. The second-order valence-corrected chi connectivity index (χ2v) is 7.41. The molecule has 0 unspecified atom stereocenters. The topological polar surface area (TPSA) is 59.9 Å². The van der Waals surface area contributed by atoms with E-state index < -0.39 is 5.60 Å². The van der Waals surface area contributed by atoms with Crippen molar-refractivity contribution in [3.8, 4) is 0 Å². The van der Waals surface area contributed by atoms with Gasteiger partial charge in [0.05, 0.1) is 17.1 Å². The van der Waals surface area contributed by atoms with E-state index in [2.05, 4.69) is 45.0 Å². The fourth-order valence-electron chi connectivity index (χ4n) is 2.91. The zero-order chi connectivity index (χ0) is 17.4. The minimum Gasteiger partial charge on any atom is -0.388 e. The van der Waals surface area contributed by atoms with E-state index in [1.807, 2.05) is 25.2 Å². The van der Waals surface area contributed by atoms with Crippen molar-refractivity contribution >= 4 is 46.3 Å². The molecule has 1 fully saturated rings. The fourth-order valence-corrected chi connectivity index (χ4v) is 3.69. The van der Waals surface area contributed by atoms with Crippen molar-refractivity contribution in [2.24, 2.45) is 4.99 Å². The predicted octanol–water partition coefficient (Wildman–Crippen LogP) is 3.44. The molecule has 0 amide bonds. The van der Waals surface area contributed by atoms with Crippen LogP contribution in [0.1, 0.15) is 46.5 Å². The molecule has 0 aliphatic carbocycles. The Labute approximate surface area is 173 Å². The first-order chi connectivity index (χ1) is 11.6. The first kappa shape index (κ1) is 22.5. The Morgan fingerprint density at radius 2 is 2.00 bits per heavy atom. The van der Waals surface area contributed by atoms with Crippen LogP contribution in [0.3, 0.4) is 0 Å². The molecule has 0 aromatic carbocycles. The summed E-state index contributed by atoms with van der Waals surface area (Å²) in [6, 6.07) is 4.75.